The Labute approximate surface area is 190 Å². The highest BCUT2D eigenvalue weighted by atomic mass is 16.6. The number of aromatic carboxylic acids is 1. The van der Waals surface area contributed by atoms with Crippen LogP contribution in [0, 0.1) is 17.0 Å². The minimum atomic E-state index is -1.01. The van der Waals surface area contributed by atoms with Crippen molar-refractivity contribution >= 4 is 29.3 Å². The van der Waals surface area contributed by atoms with Crippen molar-refractivity contribution < 1.29 is 19.6 Å². The van der Waals surface area contributed by atoms with Crippen molar-refractivity contribution in [2.75, 3.05) is 0 Å². The number of benzene rings is 3. The van der Waals surface area contributed by atoms with Gasteiger partial charge < -0.3 is 10.0 Å². The molecule has 0 aliphatic carbocycles. The Balaban J connectivity index is 1.69. The fourth-order valence-corrected chi connectivity index (χ4v) is 3.58. The molecule has 4 rings (SSSR count). The molecular weight excluding hydrogens is 420 g/mol. The van der Waals surface area contributed by atoms with Gasteiger partial charge in [-0.2, -0.15) is 0 Å². The van der Waals surface area contributed by atoms with E-state index in [1.807, 2.05) is 31.2 Å². The number of non-ortho nitro benzene ring substituents is 1. The molecule has 3 aromatic carbocycles. The maximum Gasteiger partial charge on any atom is 0.335 e. The van der Waals surface area contributed by atoms with Crippen LogP contribution < -0.4 is 0 Å². The lowest BCUT2D eigenvalue weighted by molar-refractivity contribution is -0.384. The van der Waals surface area contributed by atoms with Crippen molar-refractivity contribution in [3.8, 4) is 0 Å². The van der Waals surface area contributed by atoms with Gasteiger partial charge in [-0.1, -0.05) is 42.0 Å². The summed E-state index contributed by atoms with van der Waals surface area (Å²) < 4.78 is 0. The molecule has 33 heavy (non-hydrogen) atoms. The Hall–Kier alpha value is -4.52. The molecule has 0 saturated carbocycles. The van der Waals surface area contributed by atoms with E-state index >= 15 is 0 Å². The Morgan fingerprint density at radius 2 is 1.64 bits per heavy atom. The van der Waals surface area contributed by atoms with Gasteiger partial charge in [0.15, 0.2) is 0 Å². The number of nitro groups is 1. The van der Waals surface area contributed by atoms with Gasteiger partial charge in [0.25, 0.3) is 11.6 Å². The van der Waals surface area contributed by atoms with Crippen molar-refractivity contribution in [3.63, 3.8) is 0 Å². The molecule has 1 aliphatic heterocycles. The first-order valence-electron chi connectivity index (χ1n) is 10.2. The van der Waals surface area contributed by atoms with Crippen LogP contribution in [0.3, 0.4) is 0 Å². The van der Waals surface area contributed by atoms with Crippen LogP contribution in [0.5, 0.6) is 0 Å². The van der Waals surface area contributed by atoms with Crippen LogP contribution in [0.2, 0.25) is 0 Å². The number of carbonyl (C=O) groups is 2. The first-order valence-corrected chi connectivity index (χ1v) is 10.2. The lowest BCUT2D eigenvalue weighted by atomic mass is 10.1. The molecule has 0 fully saturated rings. The number of nitro benzene ring substituents is 1. The summed E-state index contributed by atoms with van der Waals surface area (Å²) in [4.78, 5) is 36.5. The Kier molecular flexibility index (Phi) is 5.87. The second-order valence-electron chi connectivity index (χ2n) is 7.74. The third kappa shape index (κ3) is 4.72. The highest BCUT2D eigenvalue weighted by Crippen LogP contribution is 2.32. The van der Waals surface area contributed by atoms with E-state index < -0.39 is 10.9 Å². The molecule has 7 nitrogen and oxygen atoms in total. The van der Waals surface area contributed by atoms with Crippen molar-refractivity contribution in [3.05, 3.63) is 122 Å². The van der Waals surface area contributed by atoms with Gasteiger partial charge in [0, 0.05) is 17.7 Å². The van der Waals surface area contributed by atoms with Gasteiger partial charge in [0.1, 0.15) is 0 Å². The molecule has 0 bridgehead atoms. The van der Waals surface area contributed by atoms with Gasteiger partial charge in [-0.15, -0.1) is 0 Å². The number of hydrogen-bond donors (Lipinski definition) is 1. The van der Waals surface area contributed by atoms with E-state index in [0.717, 1.165) is 22.4 Å². The molecule has 1 heterocycles. The van der Waals surface area contributed by atoms with E-state index in [1.54, 1.807) is 41.3 Å². The SMILES string of the molecule is Cc1ccc(C2=C/C(=C\c3ccc([N+](=O)[O-])cc3)C(=O)N2Cc2ccc(C(=O)O)cc2)cc1. The van der Waals surface area contributed by atoms with Crippen LogP contribution in [0.25, 0.3) is 11.8 Å². The number of carboxylic acids is 1. The molecule has 0 atom stereocenters. The van der Waals surface area contributed by atoms with Crippen LogP contribution in [0.1, 0.15) is 32.6 Å². The van der Waals surface area contributed by atoms with Gasteiger partial charge in [0.2, 0.25) is 0 Å². The summed E-state index contributed by atoms with van der Waals surface area (Å²) >= 11 is 0. The average molecular weight is 440 g/mol. The van der Waals surface area contributed by atoms with Crippen molar-refractivity contribution in [2.24, 2.45) is 0 Å². The smallest absolute Gasteiger partial charge is 0.335 e. The molecule has 0 unspecified atom stereocenters. The number of carboxylic acid groups (broad SMARTS) is 1. The number of amides is 1. The van der Waals surface area contributed by atoms with Crippen LogP contribution in [0.4, 0.5) is 5.69 Å². The van der Waals surface area contributed by atoms with E-state index in [0.29, 0.717) is 11.1 Å². The Bertz CT molecular complexity index is 1290. The second-order valence-corrected chi connectivity index (χ2v) is 7.74. The molecule has 1 aliphatic rings. The Morgan fingerprint density at radius 3 is 2.21 bits per heavy atom. The maximum absolute atomic E-state index is 13.3. The third-order valence-electron chi connectivity index (χ3n) is 5.39. The summed E-state index contributed by atoms with van der Waals surface area (Å²) in [6, 6.07) is 20.3. The predicted octanol–water partition coefficient (Wildman–Crippen LogP) is 5.07. The molecule has 3 aromatic rings. The van der Waals surface area contributed by atoms with Crippen LogP contribution in [-0.4, -0.2) is 26.8 Å². The molecule has 0 saturated heterocycles. The summed E-state index contributed by atoms with van der Waals surface area (Å²) in [7, 11) is 0. The summed E-state index contributed by atoms with van der Waals surface area (Å²) in [6.07, 6.45) is 3.51. The molecule has 1 amide bonds. The number of rotatable bonds is 6. The average Bonchev–Trinajstić information content (AvgIpc) is 3.10. The van der Waals surface area contributed by atoms with E-state index in [9.17, 15) is 19.7 Å². The summed E-state index contributed by atoms with van der Waals surface area (Å²) in [5, 5.41) is 20.0. The standard InChI is InChI=1S/C26H20N2O5/c1-17-2-8-20(9-3-17)24-15-22(14-18-6-12-23(13-7-18)28(32)33)25(29)27(24)16-19-4-10-21(11-5-19)26(30)31/h2-15H,16H2,1H3,(H,30,31)/b22-14+. The zero-order chi connectivity index (χ0) is 23.5. The van der Waals surface area contributed by atoms with Gasteiger partial charge in [-0.25, -0.2) is 4.79 Å². The third-order valence-corrected chi connectivity index (χ3v) is 5.39. The first-order chi connectivity index (χ1) is 15.8. The zero-order valence-electron chi connectivity index (χ0n) is 17.8. The topological polar surface area (TPSA) is 101 Å². The normalized spacial score (nSPS) is 14.5. The fourth-order valence-electron chi connectivity index (χ4n) is 3.58. The molecule has 164 valence electrons. The molecule has 0 radical (unpaired) electrons. The monoisotopic (exact) mass is 440 g/mol. The highest BCUT2D eigenvalue weighted by Gasteiger charge is 2.29. The van der Waals surface area contributed by atoms with E-state index in [2.05, 4.69) is 0 Å². The minimum absolute atomic E-state index is 0.0165. The number of nitrogens with zero attached hydrogens (tertiary/aromatic N) is 2. The minimum Gasteiger partial charge on any atom is -0.478 e. The summed E-state index contributed by atoms with van der Waals surface area (Å²) in [6.45, 7) is 2.26. The predicted molar refractivity (Wildman–Crippen MR) is 124 cm³/mol. The quantitative estimate of drug-likeness (QED) is 0.328. The van der Waals surface area contributed by atoms with Gasteiger partial charge in [-0.3, -0.25) is 14.9 Å². The molecule has 7 heteroatoms. The van der Waals surface area contributed by atoms with Gasteiger partial charge in [-0.05, 0) is 60.0 Å². The van der Waals surface area contributed by atoms with Crippen LogP contribution in [-0.2, 0) is 11.3 Å². The van der Waals surface area contributed by atoms with Crippen LogP contribution in [0.15, 0.2) is 84.4 Å². The number of hydrogen-bond acceptors (Lipinski definition) is 4. The zero-order valence-corrected chi connectivity index (χ0v) is 17.8. The molecular formula is C26H20N2O5. The number of carbonyl (C=O) groups excluding carboxylic acids is 1. The van der Waals surface area contributed by atoms with Crippen molar-refractivity contribution in [1.29, 1.82) is 0 Å². The summed E-state index contributed by atoms with van der Waals surface area (Å²) in [5.41, 5.74) is 4.80. The van der Waals surface area contributed by atoms with Gasteiger partial charge >= 0.3 is 5.97 Å². The Morgan fingerprint density at radius 1 is 1.00 bits per heavy atom. The molecule has 1 N–H and O–H groups in total. The van der Waals surface area contributed by atoms with Crippen molar-refractivity contribution in [2.45, 2.75) is 13.5 Å². The summed E-state index contributed by atoms with van der Waals surface area (Å²) in [5.74, 6) is -1.21. The van der Waals surface area contributed by atoms with E-state index in [-0.39, 0.29) is 23.7 Å². The van der Waals surface area contributed by atoms with E-state index in [1.165, 1.54) is 24.3 Å². The lowest BCUT2D eigenvalue weighted by Gasteiger charge is -2.21. The van der Waals surface area contributed by atoms with Crippen molar-refractivity contribution in [1.82, 2.24) is 4.90 Å². The lowest BCUT2D eigenvalue weighted by Crippen LogP contribution is -2.25. The molecule has 0 spiro atoms. The fraction of sp³-hybridized carbons (Fsp3) is 0.0769. The van der Waals surface area contributed by atoms with E-state index in [4.69, 9.17) is 5.11 Å². The van der Waals surface area contributed by atoms with Crippen LogP contribution >= 0.6 is 0 Å². The largest absolute Gasteiger partial charge is 0.478 e. The van der Waals surface area contributed by atoms with Gasteiger partial charge in [0.05, 0.1) is 22.7 Å². The molecule has 0 aromatic heterocycles. The number of aryl methyl sites for hydroxylation is 1. The second kappa shape index (κ2) is 8.92. The highest BCUT2D eigenvalue weighted by molar-refractivity contribution is 6.10. The maximum atomic E-state index is 13.3. The first kappa shape index (κ1) is 21.7.